The molecule has 0 spiro atoms. The van der Waals surface area contributed by atoms with Crippen molar-refractivity contribution in [2.75, 3.05) is 38.3 Å². The minimum atomic E-state index is -0.499. The van der Waals surface area contributed by atoms with Crippen LogP contribution in [0.5, 0.6) is 0 Å². The van der Waals surface area contributed by atoms with Gasteiger partial charge in [-0.25, -0.2) is 4.79 Å². The number of ether oxygens (including phenoxy) is 2. The Hall–Kier alpha value is -2.08. The Bertz CT molecular complexity index is 754. The van der Waals surface area contributed by atoms with Gasteiger partial charge in [-0.05, 0) is 62.3 Å². The monoisotopic (exact) mass is 388 g/mol. The van der Waals surface area contributed by atoms with Gasteiger partial charge in [-0.15, -0.1) is 0 Å². The number of benzene rings is 1. The molecular weight excluding hydrogens is 356 g/mol. The molecule has 3 rings (SSSR count). The number of carbonyl (C=O) groups is 2. The Morgan fingerprint density at radius 1 is 1.18 bits per heavy atom. The van der Waals surface area contributed by atoms with E-state index >= 15 is 0 Å². The van der Waals surface area contributed by atoms with Crippen LogP contribution in [-0.4, -0.2) is 55.9 Å². The molecule has 1 unspecified atom stereocenters. The first-order valence-corrected chi connectivity index (χ1v) is 10.1. The fraction of sp³-hybridized carbons (Fsp3) is 0.636. The first-order valence-electron chi connectivity index (χ1n) is 10.1. The summed E-state index contributed by atoms with van der Waals surface area (Å²) in [6.07, 6.45) is 1.86. The van der Waals surface area contributed by atoms with Crippen molar-refractivity contribution >= 4 is 17.7 Å². The first-order chi connectivity index (χ1) is 13.2. The van der Waals surface area contributed by atoms with Crippen molar-refractivity contribution in [2.45, 2.75) is 58.5 Å². The van der Waals surface area contributed by atoms with E-state index in [1.807, 2.05) is 30.6 Å². The second kappa shape index (κ2) is 8.11. The summed E-state index contributed by atoms with van der Waals surface area (Å²) in [7, 11) is 1.65. The van der Waals surface area contributed by atoms with Crippen LogP contribution in [0, 0.1) is 0 Å². The molecule has 28 heavy (non-hydrogen) atoms. The summed E-state index contributed by atoms with van der Waals surface area (Å²) in [5, 5.41) is 0. The van der Waals surface area contributed by atoms with Crippen LogP contribution in [0.2, 0.25) is 0 Å². The molecule has 1 atom stereocenters. The standard InChI is InChI=1S/C22H32N2O4/c1-15-14-23(21(26)28-22(2,3)4)9-8-16-12-17-6-7-20(25)24(10-11-27-5)19(17)13-18(15)16/h12-13,15H,6-11,14H2,1-5H3. The van der Waals surface area contributed by atoms with Crippen LogP contribution in [-0.2, 0) is 27.1 Å². The molecule has 0 saturated carbocycles. The summed E-state index contributed by atoms with van der Waals surface area (Å²) in [4.78, 5) is 28.7. The quantitative estimate of drug-likeness (QED) is 0.795. The van der Waals surface area contributed by atoms with Crippen molar-refractivity contribution in [1.82, 2.24) is 4.90 Å². The maximum absolute atomic E-state index is 12.6. The summed E-state index contributed by atoms with van der Waals surface area (Å²) in [6, 6.07) is 4.41. The van der Waals surface area contributed by atoms with Gasteiger partial charge < -0.3 is 19.3 Å². The fourth-order valence-corrected chi connectivity index (χ4v) is 4.03. The SMILES string of the molecule is COCCN1C(=O)CCc2cc3c(cc21)C(C)CN(C(=O)OC(C)(C)C)CC3. The number of methoxy groups -OCH3 is 1. The largest absolute Gasteiger partial charge is 0.444 e. The molecule has 6 nitrogen and oxygen atoms in total. The van der Waals surface area contributed by atoms with Crippen LogP contribution in [0.1, 0.15) is 56.7 Å². The number of aryl methyl sites for hydroxylation is 1. The van der Waals surface area contributed by atoms with Gasteiger partial charge in [0.25, 0.3) is 0 Å². The third-order valence-electron chi connectivity index (χ3n) is 5.39. The van der Waals surface area contributed by atoms with Crippen LogP contribution in [0.3, 0.4) is 0 Å². The molecule has 0 aliphatic carbocycles. The first kappa shape index (κ1) is 20.6. The molecule has 2 heterocycles. The van der Waals surface area contributed by atoms with Crippen molar-refractivity contribution in [1.29, 1.82) is 0 Å². The number of amides is 2. The fourth-order valence-electron chi connectivity index (χ4n) is 4.03. The molecule has 1 aromatic carbocycles. The zero-order valence-corrected chi connectivity index (χ0v) is 17.7. The predicted molar refractivity (Wildman–Crippen MR) is 109 cm³/mol. The maximum Gasteiger partial charge on any atom is 0.410 e. The van der Waals surface area contributed by atoms with Gasteiger partial charge in [0.05, 0.1) is 6.61 Å². The molecule has 0 fully saturated rings. The average molecular weight is 389 g/mol. The highest BCUT2D eigenvalue weighted by Crippen LogP contribution is 2.35. The molecule has 0 bridgehead atoms. The molecule has 0 N–H and O–H groups in total. The van der Waals surface area contributed by atoms with E-state index in [-0.39, 0.29) is 17.9 Å². The van der Waals surface area contributed by atoms with E-state index in [0.717, 1.165) is 18.5 Å². The number of rotatable bonds is 3. The third-order valence-corrected chi connectivity index (χ3v) is 5.39. The van der Waals surface area contributed by atoms with Gasteiger partial charge in [-0.3, -0.25) is 4.79 Å². The average Bonchev–Trinajstić information content (AvgIpc) is 2.77. The number of fused-ring (bicyclic) bond motifs is 2. The molecule has 154 valence electrons. The summed E-state index contributed by atoms with van der Waals surface area (Å²) >= 11 is 0. The lowest BCUT2D eigenvalue weighted by atomic mass is 9.89. The highest BCUT2D eigenvalue weighted by atomic mass is 16.6. The van der Waals surface area contributed by atoms with Gasteiger partial charge in [0, 0.05) is 38.9 Å². The van der Waals surface area contributed by atoms with E-state index in [4.69, 9.17) is 9.47 Å². The summed E-state index contributed by atoms with van der Waals surface area (Å²) < 4.78 is 10.8. The summed E-state index contributed by atoms with van der Waals surface area (Å²) in [6.45, 7) is 10.2. The van der Waals surface area contributed by atoms with Crippen LogP contribution >= 0.6 is 0 Å². The molecule has 0 saturated heterocycles. The molecule has 0 radical (unpaired) electrons. The van der Waals surface area contributed by atoms with Crippen molar-refractivity contribution in [2.24, 2.45) is 0 Å². The number of hydrogen-bond acceptors (Lipinski definition) is 4. The molecule has 2 aliphatic rings. The zero-order valence-electron chi connectivity index (χ0n) is 17.7. The van der Waals surface area contributed by atoms with Gasteiger partial charge in [0.2, 0.25) is 5.91 Å². The van der Waals surface area contributed by atoms with Gasteiger partial charge in [0.15, 0.2) is 0 Å². The van der Waals surface area contributed by atoms with E-state index in [9.17, 15) is 9.59 Å². The highest BCUT2D eigenvalue weighted by molar-refractivity contribution is 5.96. The van der Waals surface area contributed by atoms with Crippen LogP contribution < -0.4 is 4.90 Å². The van der Waals surface area contributed by atoms with Gasteiger partial charge in [-0.2, -0.15) is 0 Å². The Balaban J connectivity index is 1.86. The molecule has 0 aromatic heterocycles. The van der Waals surface area contributed by atoms with Crippen molar-refractivity contribution < 1.29 is 19.1 Å². The third kappa shape index (κ3) is 4.49. The van der Waals surface area contributed by atoms with E-state index in [2.05, 4.69) is 19.1 Å². The van der Waals surface area contributed by atoms with Crippen molar-refractivity contribution in [3.63, 3.8) is 0 Å². The topological polar surface area (TPSA) is 59.1 Å². The Morgan fingerprint density at radius 2 is 1.93 bits per heavy atom. The molecule has 1 aromatic rings. The number of carbonyl (C=O) groups excluding carboxylic acids is 2. The lowest BCUT2D eigenvalue weighted by molar-refractivity contribution is -0.119. The zero-order chi connectivity index (χ0) is 20.5. The van der Waals surface area contributed by atoms with Crippen molar-refractivity contribution in [3.8, 4) is 0 Å². The van der Waals surface area contributed by atoms with Crippen LogP contribution in [0.15, 0.2) is 12.1 Å². The van der Waals surface area contributed by atoms with Crippen molar-refractivity contribution in [3.05, 3.63) is 28.8 Å². The number of anilines is 1. The van der Waals surface area contributed by atoms with Crippen LogP contribution in [0.4, 0.5) is 10.5 Å². The predicted octanol–water partition coefficient (Wildman–Crippen LogP) is 3.51. The lowest BCUT2D eigenvalue weighted by Gasteiger charge is -2.31. The van der Waals surface area contributed by atoms with E-state index in [0.29, 0.717) is 32.7 Å². The van der Waals surface area contributed by atoms with Gasteiger partial charge in [-0.1, -0.05) is 13.0 Å². The number of hydrogen-bond donors (Lipinski definition) is 0. The molecular formula is C22H32N2O4. The molecule has 2 aliphatic heterocycles. The normalized spacial score (nSPS) is 19.8. The Labute approximate surface area is 167 Å². The highest BCUT2D eigenvalue weighted by Gasteiger charge is 2.30. The second-order valence-electron chi connectivity index (χ2n) is 8.80. The van der Waals surface area contributed by atoms with Gasteiger partial charge >= 0.3 is 6.09 Å². The minimum absolute atomic E-state index is 0.154. The molecule has 2 amide bonds. The van der Waals surface area contributed by atoms with E-state index < -0.39 is 5.60 Å². The van der Waals surface area contributed by atoms with Gasteiger partial charge in [0.1, 0.15) is 5.60 Å². The minimum Gasteiger partial charge on any atom is -0.444 e. The van der Waals surface area contributed by atoms with E-state index in [1.54, 1.807) is 7.11 Å². The maximum atomic E-state index is 12.6. The second-order valence-corrected chi connectivity index (χ2v) is 8.80. The summed E-state index contributed by atoms with van der Waals surface area (Å²) in [5.74, 6) is 0.331. The number of nitrogens with zero attached hydrogens (tertiary/aromatic N) is 2. The molecule has 6 heteroatoms. The Morgan fingerprint density at radius 3 is 2.61 bits per heavy atom. The Kier molecular flexibility index (Phi) is 5.98. The lowest BCUT2D eigenvalue weighted by Crippen LogP contribution is -2.38. The summed E-state index contributed by atoms with van der Waals surface area (Å²) in [5.41, 5.74) is 4.22. The van der Waals surface area contributed by atoms with Crippen LogP contribution in [0.25, 0.3) is 0 Å². The smallest absolute Gasteiger partial charge is 0.410 e. The van der Waals surface area contributed by atoms with E-state index in [1.165, 1.54) is 16.7 Å².